The Kier molecular flexibility index (Phi) is 4.87. The lowest BCUT2D eigenvalue weighted by molar-refractivity contribution is 0.0209. The largest absolute Gasteiger partial charge is 0.379 e. The summed E-state index contributed by atoms with van der Waals surface area (Å²) < 4.78 is 6.40. The van der Waals surface area contributed by atoms with Gasteiger partial charge in [0.05, 0.1) is 23.4 Å². The van der Waals surface area contributed by atoms with E-state index in [9.17, 15) is 4.79 Å². The van der Waals surface area contributed by atoms with Gasteiger partial charge in [-0.15, -0.1) is 0 Å². The monoisotopic (exact) mass is 320 g/mol. The van der Waals surface area contributed by atoms with Gasteiger partial charge >= 0.3 is 6.03 Å². The van der Waals surface area contributed by atoms with Crippen LogP contribution in [0.2, 0.25) is 0 Å². The molecule has 118 valence electrons. The normalized spacial score (nSPS) is 17.3. The van der Waals surface area contributed by atoms with Crippen molar-refractivity contribution in [3.05, 3.63) is 24.3 Å². The first-order valence-electron chi connectivity index (χ1n) is 7.44. The first kappa shape index (κ1) is 15.2. The number of urea groups is 1. The SMILES string of the molecule is C[C@@H](CNC(=O)Nc1nc2ccccc2s1)N1CCOCC1. The molecule has 0 spiro atoms. The number of nitrogens with one attached hydrogen (secondary N) is 2. The number of ether oxygens (including phenoxy) is 1. The van der Waals surface area contributed by atoms with Gasteiger partial charge in [-0.25, -0.2) is 9.78 Å². The summed E-state index contributed by atoms with van der Waals surface area (Å²) in [6.45, 7) is 6.09. The molecule has 1 saturated heterocycles. The fraction of sp³-hybridized carbons (Fsp3) is 0.467. The maximum atomic E-state index is 12.0. The molecule has 1 fully saturated rings. The highest BCUT2D eigenvalue weighted by atomic mass is 32.1. The highest BCUT2D eigenvalue weighted by molar-refractivity contribution is 7.22. The molecule has 2 aromatic rings. The predicted octanol–water partition coefficient (Wildman–Crippen LogP) is 2.14. The second-order valence-electron chi connectivity index (χ2n) is 5.32. The van der Waals surface area contributed by atoms with Crippen molar-refractivity contribution in [1.29, 1.82) is 0 Å². The average Bonchev–Trinajstić information content (AvgIpc) is 2.95. The number of carbonyl (C=O) groups excluding carboxylic acids is 1. The van der Waals surface area contributed by atoms with Crippen LogP contribution in [0.3, 0.4) is 0 Å². The van der Waals surface area contributed by atoms with Crippen LogP contribution in [0.25, 0.3) is 10.2 Å². The van der Waals surface area contributed by atoms with Crippen molar-refractivity contribution in [1.82, 2.24) is 15.2 Å². The molecule has 3 rings (SSSR count). The number of thiazole rings is 1. The molecule has 2 N–H and O–H groups in total. The quantitative estimate of drug-likeness (QED) is 0.906. The minimum Gasteiger partial charge on any atom is -0.379 e. The fourth-order valence-corrected chi connectivity index (χ4v) is 3.32. The minimum atomic E-state index is -0.209. The number of carbonyl (C=O) groups is 1. The van der Waals surface area contributed by atoms with Gasteiger partial charge in [0.2, 0.25) is 0 Å². The molecule has 1 aromatic heterocycles. The van der Waals surface area contributed by atoms with Crippen LogP contribution in [-0.2, 0) is 4.74 Å². The molecule has 1 aliphatic rings. The maximum Gasteiger partial charge on any atom is 0.321 e. The lowest BCUT2D eigenvalue weighted by Gasteiger charge is -2.32. The summed E-state index contributed by atoms with van der Waals surface area (Å²) in [7, 11) is 0. The van der Waals surface area contributed by atoms with Crippen molar-refractivity contribution < 1.29 is 9.53 Å². The van der Waals surface area contributed by atoms with Crippen LogP contribution in [-0.4, -0.2) is 54.8 Å². The summed E-state index contributed by atoms with van der Waals surface area (Å²) in [5.74, 6) is 0. The van der Waals surface area contributed by atoms with Crippen LogP contribution in [0.15, 0.2) is 24.3 Å². The van der Waals surface area contributed by atoms with Gasteiger partial charge in [-0.2, -0.15) is 0 Å². The molecule has 1 aliphatic heterocycles. The number of para-hydroxylation sites is 1. The molecule has 0 bridgehead atoms. The Morgan fingerprint density at radius 3 is 2.95 bits per heavy atom. The maximum absolute atomic E-state index is 12.0. The third kappa shape index (κ3) is 3.73. The Labute approximate surface area is 133 Å². The Balaban J connectivity index is 1.49. The van der Waals surface area contributed by atoms with E-state index in [0.29, 0.717) is 17.7 Å². The van der Waals surface area contributed by atoms with Gasteiger partial charge in [-0.3, -0.25) is 10.2 Å². The Hall–Kier alpha value is -1.70. The number of morpholine rings is 1. The molecule has 1 aromatic carbocycles. The molecule has 22 heavy (non-hydrogen) atoms. The van der Waals surface area contributed by atoms with Crippen LogP contribution in [0, 0.1) is 0 Å². The van der Waals surface area contributed by atoms with Gasteiger partial charge in [0.25, 0.3) is 0 Å². The number of fused-ring (bicyclic) bond motifs is 1. The second-order valence-corrected chi connectivity index (χ2v) is 6.35. The first-order chi connectivity index (χ1) is 10.7. The van der Waals surface area contributed by atoms with E-state index >= 15 is 0 Å². The number of aromatic nitrogens is 1. The van der Waals surface area contributed by atoms with E-state index < -0.39 is 0 Å². The second kappa shape index (κ2) is 7.04. The summed E-state index contributed by atoms with van der Waals surface area (Å²) in [4.78, 5) is 18.7. The number of amides is 2. The molecule has 0 unspecified atom stereocenters. The fourth-order valence-electron chi connectivity index (χ4n) is 2.45. The van der Waals surface area contributed by atoms with Crippen LogP contribution in [0.5, 0.6) is 0 Å². The van der Waals surface area contributed by atoms with E-state index in [0.717, 1.165) is 36.5 Å². The summed E-state index contributed by atoms with van der Waals surface area (Å²) in [6.07, 6.45) is 0. The molecule has 1 atom stereocenters. The summed E-state index contributed by atoms with van der Waals surface area (Å²) in [6, 6.07) is 7.93. The number of hydrogen-bond acceptors (Lipinski definition) is 5. The highest BCUT2D eigenvalue weighted by Gasteiger charge is 2.17. The van der Waals surface area contributed by atoms with Gasteiger partial charge in [-0.05, 0) is 19.1 Å². The zero-order chi connectivity index (χ0) is 15.4. The van der Waals surface area contributed by atoms with Crippen LogP contribution < -0.4 is 10.6 Å². The molecule has 0 saturated carbocycles. The zero-order valence-electron chi connectivity index (χ0n) is 12.5. The zero-order valence-corrected chi connectivity index (χ0v) is 13.4. The standard InChI is InChI=1S/C15H20N4O2S/c1-11(19-6-8-21-9-7-19)10-16-14(20)18-15-17-12-4-2-3-5-13(12)22-15/h2-5,11H,6-10H2,1H3,(H2,16,17,18,20)/t11-/m0/s1. The van der Waals surface area contributed by atoms with Crippen LogP contribution >= 0.6 is 11.3 Å². The van der Waals surface area contributed by atoms with Crippen molar-refractivity contribution in [2.24, 2.45) is 0 Å². The third-order valence-corrected chi connectivity index (χ3v) is 4.69. The van der Waals surface area contributed by atoms with E-state index in [1.165, 1.54) is 11.3 Å². The Bertz CT molecular complexity index is 606. The van der Waals surface area contributed by atoms with Gasteiger partial charge in [0.15, 0.2) is 5.13 Å². The minimum absolute atomic E-state index is 0.209. The third-order valence-electron chi connectivity index (χ3n) is 3.74. The molecular formula is C15H20N4O2S. The van der Waals surface area contributed by atoms with Crippen molar-refractivity contribution >= 4 is 32.7 Å². The van der Waals surface area contributed by atoms with Crippen LogP contribution in [0.4, 0.5) is 9.93 Å². The number of anilines is 1. The van der Waals surface area contributed by atoms with Crippen molar-refractivity contribution in [2.45, 2.75) is 13.0 Å². The van der Waals surface area contributed by atoms with E-state index in [1.807, 2.05) is 24.3 Å². The predicted molar refractivity (Wildman–Crippen MR) is 88.5 cm³/mol. The molecule has 0 radical (unpaired) electrons. The lowest BCUT2D eigenvalue weighted by Crippen LogP contribution is -2.47. The topological polar surface area (TPSA) is 66.5 Å². The van der Waals surface area contributed by atoms with Gasteiger partial charge < -0.3 is 10.1 Å². The van der Waals surface area contributed by atoms with Gasteiger partial charge in [-0.1, -0.05) is 23.5 Å². The smallest absolute Gasteiger partial charge is 0.321 e. The van der Waals surface area contributed by atoms with E-state index in [2.05, 4.69) is 27.4 Å². The van der Waals surface area contributed by atoms with Gasteiger partial charge in [0.1, 0.15) is 0 Å². The molecule has 6 nitrogen and oxygen atoms in total. The molecule has 0 aliphatic carbocycles. The van der Waals surface area contributed by atoms with Crippen molar-refractivity contribution in [3.8, 4) is 0 Å². The molecule has 2 amide bonds. The average molecular weight is 320 g/mol. The molecule has 7 heteroatoms. The summed E-state index contributed by atoms with van der Waals surface area (Å²) >= 11 is 1.48. The van der Waals surface area contributed by atoms with Crippen LogP contribution in [0.1, 0.15) is 6.92 Å². The summed E-state index contributed by atoms with van der Waals surface area (Å²) in [5.41, 5.74) is 0.907. The van der Waals surface area contributed by atoms with E-state index in [4.69, 9.17) is 4.74 Å². The van der Waals surface area contributed by atoms with Crippen molar-refractivity contribution in [3.63, 3.8) is 0 Å². The number of hydrogen-bond donors (Lipinski definition) is 2. The summed E-state index contributed by atoms with van der Waals surface area (Å²) in [5, 5.41) is 6.33. The van der Waals surface area contributed by atoms with E-state index in [-0.39, 0.29) is 6.03 Å². The number of benzene rings is 1. The Morgan fingerprint density at radius 2 is 2.18 bits per heavy atom. The Morgan fingerprint density at radius 1 is 1.41 bits per heavy atom. The number of rotatable bonds is 4. The molecular weight excluding hydrogens is 300 g/mol. The lowest BCUT2D eigenvalue weighted by atomic mass is 10.2. The molecule has 2 heterocycles. The van der Waals surface area contributed by atoms with E-state index in [1.54, 1.807) is 0 Å². The van der Waals surface area contributed by atoms with Gasteiger partial charge in [0, 0.05) is 25.7 Å². The number of nitrogens with zero attached hydrogens (tertiary/aromatic N) is 2. The first-order valence-corrected chi connectivity index (χ1v) is 8.26. The highest BCUT2D eigenvalue weighted by Crippen LogP contribution is 2.25. The van der Waals surface area contributed by atoms with Crippen molar-refractivity contribution in [2.75, 3.05) is 38.2 Å².